The summed E-state index contributed by atoms with van der Waals surface area (Å²) in [7, 11) is 0. The lowest BCUT2D eigenvalue weighted by molar-refractivity contribution is 0.0949. The Hall–Kier alpha value is -3.67. The van der Waals surface area contributed by atoms with Gasteiger partial charge in [-0.3, -0.25) is 9.59 Å². The molecule has 0 spiro atoms. The molecule has 0 fully saturated rings. The maximum absolute atomic E-state index is 12.3. The number of rotatable bonds is 5. The van der Waals surface area contributed by atoms with Crippen LogP contribution in [-0.2, 0) is 6.42 Å². The average Bonchev–Trinajstić information content (AvgIpc) is 3.23. The van der Waals surface area contributed by atoms with E-state index in [9.17, 15) is 9.59 Å². The van der Waals surface area contributed by atoms with Gasteiger partial charge in [0, 0.05) is 24.3 Å². The Bertz CT molecular complexity index is 1130. The van der Waals surface area contributed by atoms with Crippen molar-refractivity contribution in [2.75, 3.05) is 6.54 Å². The molecule has 0 bridgehead atoms. The molecular weight excluding hydrogens is 340 g/mol. The van der Waals surface area contributed by atoms with Crippen LogP contribution in [0, 0.1) is 0 Å². The van der Waals surface area contributed by atoms with Gasteiger partial charge in [0.1, 0.15) is 5.69 Å². The largest absolute Gasteiger partial charge is 0.350 e. The maximum Gasteiger partial charge on any atom is 0.267 e. The summed E-state index contributed by atoms with van der Waals surface area (Å²) in [6.45, 7) is 0.481. The molecule has 0 atom stereocenters. The van der Waals surface area contributed by atoms with Crippen molar-refractivity contribution in [3.8, 4) is 5.69 Å². The van der Waals surface area contributed by atoms with Gasteiger partial charge in [-0.05, 0) is 47.7 Å². The van der Waals surface area contributed by atoms with Crippen LogP contribution in [0.25, 0.3) is 16.5 Å². The molecule has 2 aromatic carbocycles. The summed E-state index contributed by atoms with van der Waals surface area (Å²) in [6, 6.07) is 18.8. The van der Waals surface area contributed by atoms with Gasteiger partial charge >= 0.3 is 0 Å². The highest BCUT2D eigenvalue weighted by molar-refractivity contribution is 5.96. The number of carbonyl (C=O) groups excluding carboxylic acids is 1. The van der Waals surface area contributed by atoms with Crippen LogP contribution in [0.4, 0.5) is 0 Å². The lowest BCUT2D eigenvalue weighted by atomic mass is 10.1. The number of amides is 1. The fourth-order valence-electron chi connectivity index (χ4n) is 2.99. The minimum Gasteiger partial charge on any atom is -0.350 e. The predicted octanol–water partition coefficient (Wildman–Crippen LogP) is 2.69. The topological polar surface area (TPSA) is 79.8 Å². The van der Waals surface area contributed by atoms with E-state index in [4.69, 9.17) is 0 Å². The van der Waals surface area contributed by atoms with Gasteiger partial charge in [-0.15, -0.1) is 0 Å². The van der Waals surface area contributed by atoms with E-state index < -0.39 is 0 Å². The van der Waals surface area contributed by atoms with Crippen LogP contribution >= 0.6 is 0 Å². The molecule has 4 aromatic rings. The molecule has 4 rings (SSSR count). The first kappa shape index (κ1) is 16.8. The first-order chi connectivity index (χ1) is 13.2. The number of pyridine rings is 1. The predicted molar refractivity (Wildman–Crippen MR) is 104 cm³/mol. The van der Waals surface area contributed by atoms with Crippen molar-refractivity contribution in [1.29, 1.82) is 0 Å². The fraction of sp³-hybridized carbons (Fsp3) is 0.0952. The summed E-state index contributed by atoms with van der Waals surface area (Å²) in [5, 5.41) is 8.38. The van der Waals surface area contributed by atoms with Gasteiger partial charge in [0.05, 0.1) is 5.69 Å². The lowest BCUT2D eigenvalue weighted by Gasteiger charge is -2.07. The van der Waals surface area contributed by atoms with Crippen LogP contribution in [0.1, 0.15) is 16.1 Å². The van der Waals surface area contributed by atoms with E-state index in [1.165, 1.54) is 0 Å². The Morgan fingerprint density at radius 2 is 1.89 bits per heavy atom. The molecule has 2 N–H and O–H groups in total. The van der Waals surface area contributed by atoms with E-state index >= 15 is 0 Å². The maximum atomic E-state index is 12.3. The monoisotopic (exact) mass is 358 g/mol. The Kier molecular flexibility index (Phi) is 4.53. The molecule has 0 aliphatic rings. The summed E-state index contributed by atoms with van der Waals surface area (Å²) in [5.74, 6) is -0.286. The molecule has 1 amide bonds. The lowest BCUT2D eigenvalue weighted by Crippen LogP contribution is -2.28. The van der Waals surface area contributed by atoms with Gasteiger partial charge in [0.15, 0.2) is 0 Å². The third-order valence-corrected chi connectivity index (χ3v) is 4.40. The van der Waals surface area contributed by atoms with Crippen molar-refractivity contribution in [1.82, 2.24) is 20.1 Å². The number of fused-ring (bicyclic) bond motifs is 1. The van der Waals surface area contributed by atoms with Gasteiger partial charge in [-0.25, -0.2) is 4.68 Å². The van der Waals surface area contributed by atoms with Crippen LogP contribution in [0.2, 0.25) is 0 Å². The summed E-state index contributed by atoms with van der Waals surface area (Å²) in [4.78, 5) is 27.1. The molecule has 27 heavy (non-hydrogen) atoms. The Morgan fingerprint density at radius 3 is 2.67 bits per heavy atom. The van der Waals surface area contributed by atoms with Crippen LogP contribution in [-0.4, -0.2) is 27.2 Å². The van der Waals surface area contributed by atoms with Crippen molar-refractivity contribution in [2.24, 2.45) is 0 Å². The van der Waals surface area contributed by atoms with Gasteiger partial charge in [-0.2, -0.15) is 5.10 Å². The van der Waals surface area contributed by atoms with Crippen molar-refractivity contribution in [2.45, 2.75) is 6.42 Å². The molecule has 0 radical (unpaired) electrons. The molecule has 6 heteroatoms. The van der Waals surface area contributed by atoms with E-state index in [1.54, 1.807) is 29.1 Å². The van der Waals surface area contributed by atoms with Gasteiger partial charge in [-0.1, -0.05) is 30.3 Å². The second-order valence-corrected chi connectivity index (χ2v) is 6.22. The van der Waals surface area contributed by atoms with Gasteiger partial charge in [0.25, 0.3) is 11.5 Å². The second kappa shape index (κ2) is 7.29. The third-order valence-electron chi connectivity index (χ3n) is 4.40. The first-order valence-electron chi connectivity index (χ1n) is 8.70. The normalized spacial score (nSPS) is 10.8. The third kappa shape index (κ3) is 3.64. The Balaban J connectivity index is 1.39. The van der Waals surface area contributed by atoms with Crippen molar-refractivity contribution < 1.29 is 4.79 Å². The number of hydrogen-bond donors (Lipinski definition) is 2. The van der Waals surface area contributed by atoms with Crippen molar-refractivity contribution in [3.05, 3.63) is 94.7 Å². The molecule has 134 valence electrons. The highest BCUT2D eigenvalue weighted by Gasteiger charge is 2.09. The molecule has 2 heterocycles. The number of benzene rings is 2. The number of nitrogens with zero attached hydrogens (tertiary/aromatic N) is 2. The zero-order valence-corrected chi connectivity index (χ0v) is 14.6. The second-order valence-electron chi connectivity index (χ2n) is 6.22. The number of nitrogens with one attached hydrogen (secondary N) is 2. The number of carbonyl (C=O) groups is 1. The van der Waals surface area contributed by atoms with Gasteiger partial charge in [0.2, 0.25) is 0 Å². The summed E-state index contributed by atoms with van der Waals surface area (Å²) >= 11 is 0. The summed E-state index contributed by atoms with van der Waals surface area (Å²) in [6.07, 6.45) is 4.32. The minimum absolute atomic E-state index is 0.257. The number of aromatic amines is 1. The van der Waals surface area contributed by atoms with Crippen LogP contribution in [0.15, 0.2) is 77.9 Å². The number of aromatic nitrogens is 3. The molecule has 6 nitrogen and oxygen atoms in total. The van der Waals surface area contributed by atoms with Crippen LogP contribution in [0.3, 0.4) is 0 Å². The molecule has 0 saturated heterocycles. The van der Waals surface area contributed by atoms with Crippen molar-refractivity contribution in [3.63, 3.8) is 0 Å². The standard InChI is InChI=1S/C21H18N4O2/c26-20-18-5-2-1-4-16(18)14-19(24-20)21(27)22-12-10-15-6-8-17(9-7-15)25-13-3-11-23-25/h1-9,11,13-14H,10,12H2,(H,22,27)(H,24,26). The molecule has 2 aromatic heterocycles. The van der Waals surface area contributed by atoms with E-state index in [2.05, 4.69) is 15.4 Å². The minimum atomic E-state index is -0.286. The highest BCUT2D eigenvalue weighted by atomic mass is 16.2. The quantitative estimate of drug-likeness (QED) is 0.576. The zero-order valence-electron chi connectivity index (χ0n) is 14.6. The Morgan fingerprint density at radius 1 is 1.07 bits per heavy atom. The summed E-state index contributed by atoms with van der Waals surface area (Å²) < 4.78 is 1.79. The smallest absolute Gasteiger partial charge is 0.267 e. The molecule has 0 aliphatic carbocycles. The molecule has 0 aliphatic heterocycles. The molecule has 0 saturated carbocycles. The molecular formula is C21H18N4O2. The SMILES string of the molecule is O=C(NCCc1ccc(-n2cccn2)cc1)c1cc2ccccc2c(=O)[nH]1. The van der Waals surface area contributed by atoms with E-state index in [0.717, 1.165) is 16.6 Å². The van der Waals surface area contributed by atoms with Gasteiger partial charge < -0.3 is 10.3 Å². The number of hydrogen-bond acceptors (Lipinski definition) is 3. The highest BCUT2D eigenvalue weighted by Crippen LogP contribution is 2.11. The summed E-state index contributed by atoms with van der Waals surface area (Å²) in [5.41, 5.74) is 2.11. The van der Waals surface area contributed by atoms with E-state index in [0.29, 0.717) is 18.4 Å². The average molecular weight is 358 g/mol. The Labute approximate surface area is 155 Å². The van der Waals surface area contributed by atoms with E-state index in [-0.39, 0.29) is 17.2 Å². The van der Waals surface area contributed by atoms with Crippen LogP contribution in [0.5, 0.6) is 0 Å². The van der Waals surface area contributed by atoms with Crippen LogP contribution < -0.4 is 10.9 Å². The fourth-order valence-corrected chi connectivity index (χ4v) is 2.99. The number of H-pyrrole nitrogens is 1. The zero-order chi connectivity index (χ0) is 18.6. The first-order valence-corrected chi connectivity index (χ1v) is 8.70. The van der Waals surface area contributed by atoms with E-state index in [1.807, 2.05) is 48.7 Å². The van der Waals surface area contributed by atoms with Crippen molar-refractivity contribution >= 4 is 16.7 Å². The molecule has 0 unspecified atom stereocenters.